The van der Waals surface area contributed by atoms with Crippen molar-refractivity contribution < 1.29 is 0 Å². The third-order valence-corrected chi connectivity index (χ3v) is 3.90. The zero-order chi connectivity index (χ0) is 10.7. The highest BCUT2D eigenvalue weighted by Gasteiger charge is 2.14. The molecule has 1 aliphatic rings. The first-order chi connectivity index (χ1) is 7.31. The second-order valence-corrected chi connectivity index (χ2v) is 5.16. The molecule has 0 saturated carbocycles. The number of anilines is 1. The van der Waals surface area contributed by atoms with Crippen LogP contribution in [0.5, 0.6) is 0 Å². The van der Waals surface area contributed by atoms with Gasteiger partial charge in [0.1, 0.15) is 0 Å². The van der Waals surface area contributed by atoms with Gasteiger partial charge in [-0.1, -0.05) is 0 Å². The van der Waals surface area contributed by atoms with Crippen molar-refractivity contribution >= 4 is 17.4 Å². The third-order valence-electron chi connectivity index (χ3n) is 2.62. The molecule has 1 unspecified atom stereocenters. The molecule has 0 fully saturated rings. The van der Waals surface area contributed by atoms with Crippen LogP contribution in [-0.4, -0.2) is 12.3 Å². The quantitative estimate of drug-likeness (QED) is 0.726. The van der Waals surface area contributed by atoms with E-state index >= 15 is 0 Å². The summed E-state index contributed by atoms with van der Waals surface area (Å²) in [5.41, 5.74) is 3.20. The average molecular weight is 218 g/mol. The van der Waals surface area contributed by atoms with Gasteiger partial charge in [0, 0.05) is 17.5 Å². The molecule has 1 atom stereocenters. The number of thioether (sulfide) groups is 1. The van der Waals surface area contributed by atoms with E-state index in [9.17, 15) is 0 Å². The van der Waals surface area contributed by atoms with Crippen LogP contribution in [0.2, 0.25) is 0 Å². The second-order valence-electron chi connectivity index (χ2n) is 3.71. The average Bonchev–Trinajstić information content (AvgIpc) is 2.26. The van der Waals surface area contributed by atoms with Crippen molar-refractivity contribution in [3.63, 3.8) is 0 Å². The van der Waals surface area contributed by atoms with Gasteiger partial charge in [0.15, 0.2) is 0 Å². The van der Waals surface area contributed by atoms with Crippen LogP contribution in [0.3, 0.4) is 0 Å². The highest BCUT2D eigenvalue weighted by molar-refractivity contribution is 7.99. The van der Waals surface area contributed by atoms with Gasteiger partial charge in [0.05, 0.1) is 11.6 Å². The van der Waals surface area contributed by atoms with Crippen molar-refractivity contribution in [1.82, 2.24) is 0 Å². The second kappa shape index (κ2) is 4.59. The van der Waals surface area contributed by atoms with Gasteiger partial charge in [-0.25, -0.2) is 0 Å². The van der Waals surface area contributed by atoms with E-state index in [0.717, 1.165) is 12.1 Å². The first kappa shape index (κ1) is 10.4. The summed E-state index contributed by atoms with van der Waals surface area (Å²) in [4.78, 5) is 0. The van der Waals surface area contributed by atoms with Crippen LogP contribution < -0.4 is 5.32 Å². The van der Waals surface area contributed by atoms with Gasteiger partial charge in [-0.3, -0.25) is 0 Å². The van der Waals surface area contributed by atoms with E-state index in [-0.39, 0.29) is 0 Å². The molecule has 0 saturated heterocycles. The Labute approximate surface area is 94.7 Å². The Bertz CT molecular complexity index is 395. The van der Waals surface area contributed by atoms with Gasteiger partial charge >= 0.3 is 0 Å². The minimum atomic E-state index is 0.473. The SMILES string of the molecule is CC1SCCCNc2ccc(C#N)cc21. The Balaban J connectivity index is 2.40. The maximum atomic E-state index is 8.87. The van der Waals surface area contributed by atoms with Gasteiger partial charge in [-0.15, -0.1) is 0 Å². The molecule has 1 aliphatic heterocycles. The van der Waals surface area contributed by atoms with Crippen molar-refractivity contribution in [2.75, 3.05) is 17.6 Å². The number of nitrogens with zero attached hydrogens (tertiary/aromatic N) is 1. The lowest BCUT2D eigenvalue weighted by Crippen LogP contribution is -2.09. The van der Waals surface area contributed by atoms with Crippen LogP contribution in [0.1, 0.15) is 29.7 Å². The molecule has 0 amide bonds. The highest BCUT2D eigenvalue weighted by atomic mass is 32.2. The van der Waals surface area contributed by atoms with E-state index in [2.05, 4.69) is 18.3 Å². The first-order valence-corrected chi connectivity index (χ1v) is 6.25. The van der Waals surface area contributed by atoms with Crippen LogP contribution >= 0.6 is 11.8 Å². The van der Waals surface area contributed by atoms with Gasteiger partial charge in [0.2, 0.25) is 0 Å². The lowest BCUT2D eigenvalue weighted by molar-refractivity contribution is 0.956. The summed E-state index contributed by atoms with van der Waals surface area (Å²) in [5.74, 6) is 1.18. The molecule has 0 aliphatic carbocycles. The van der Waals surface area contributed by atoms with Crippen LogP contribution in [0.25, 0.3) is 0 Å². The number of rotatable bonds is 0. The molecule has 1 aromatic carbocycles. The molecule has 0 aromatic heterocycles. The number of hydrogen-bond donors (Lipinski definition) is 1. The summed E-state index contributed by atoms with van der Waals surface area (Å²) < 4.78 is 0. The molecule has 1 heterocycles. The predicted molar refractivity (Wildman–Crippen MR) is 65.1 cm³/mol. The van der Waals surface area contributed by atoms with Crippen molar-refractivity contribution in [1.29, 1.82) is 5.26 Å². The molecule has 0 spiro atoms. The van der Waals surface area contributed by atoms with Gasteiger partial charge in [-0.05, 0) is 42.9 Å². The van der Waals surface area contributed by atoms with E-state index in [1.807, 2.05) is 30.0 Å². The Morgan fingerprint density at radius 3 is 3.20 bits per heavy atom. The first-order valence-electron chi connectivity index (χ1n) is 5.21. The molecule has 78 valence electrons. The number of nitrogens with one attached hydrogen (secondary N) is 1. The zero-order valence-electron chi connectivity index (χ0n) is 8.79. The van der Waals surface area contributed by atoms with Crippen LogP contribution in [0.4, 0.5) is 5.69 Å². The van der Waals surface area contributed by atoms with Crippen molar-refractivity contribution in [3.05, 3.63) is 29.3 Å². The summed E-state index contributed by atoms with van der Waals surface area (Å²) in [7, 11) is 0. The Morgan fingerprint density at radius 1 is 1.53 bits per heavy atom. The molecular weight excluding hydrogens is 204 g/mol. The number of nitriles is 1. The summed E-state index contributed by atoms with van der Waals surface area (Å²) in [6.45, 7) is 3.23. The fourth-order valence-electron chi connectivity index (χ4n) is 1.77. The smallest absolute Gasteiger partial charge is 0.0991 e. The molecule has 2 rings (SSSR count). The normalized spacial score (nSPS) is 20.4. The molecule has 1 N–H and O–H groups in total. The molecule has 1 aromatic rings. The molecule has 15 heavy (non-hydrogen) atoms. The van der Waals surface area contributed by atoms with Crippen molar-refractivity contribution in [2.24, 2.45) is 0 Å². The topological polar surface area (TPSA) is 35.8 Å². The van der Waals surface area contributed by atoms with E-state index < -0.39 is 0 Å². The van der Waals surface area contributed by atoms with Gasteiger partial charge < -0.3 is 5.32 Å². The molecule has 0 radical (unpaired) electrons. The van der Waals surface area contributed by atoms with Crippen molar-refractivity contribution in [2.45, 2.75) is 18.6 Å². The van der Waals surface area contributed by atoms with Gasteiger partial charge in [-0.2, -0.15) is 17.0 Å². The standard InChI is InChI=1S/C12H14N2S/c1-9-11-7-10(8-13)3-4-12(11)14-5-2-6-15-9/h3-4,7,9,14H,2,5-6H2,1H3. The Kier molecular flexibility index (Phi) is 3.17. The summed E-state index contributed by atoms with van der Waals surface area (Å²) in [5, 5.41) is 12.8. The Morgan fingerprint density at radius 2 is 2.40 bits per heavy atom. The lowest BCUT2D eigenvalue weighted by atomic mass is 10.1. The van der Waals surface area contributed by atoms with Crippen LogP contribution in [0.15, 0.2) is 18.2 Å². The summed E-state index contributed by atoms with van der Waals surface area (Å²) in [6.07, 6.45) is 1.20. The number of hydrogen-bond acceptors (Lipinski definition) is 3. The maximum Gasteiger partial charge on any atom is 0.0991 e. The number of fused-ring (bicyclic) bond motifs is 1. The molecular formula is C12H14N2S. The van der Waals surface area contributed by atoms with Crippen LogP contribution in [-0.2, 0) is 0 Å². The Hall–Kier alpha value is -1.14. The maximum absolute atomic E-state index is 8.87. The monoisotopic (exact) mass is 218 g/mol. The van der Waals surface area contributed by atoms with E-state index in [1.54, 1.807) is 0 Å². The third kappa shape index (κ3) is 2.27. The van der Waals surface area contributed by atoms with Gasteiger partial charge in [0.25, 0.3) is 0 Å². The van der Waals surface area contributed by atoms with E-state index in [4.69, 9.17) is 5.26 Å². The minimum absolute atomic E-state index is 0.473. The molecule has 0 bridgehead atoms. The highest BCUT2D eigenvalue weighted by Crippen LogP contribution is 2.35. The van der Waals surface area contributed by atoms with E-state index in [0.29, 0.717) is 5.25 Å². The summed E-state index contributed by atoms with van der Waals surface area (Å²) in [6, 6.07) is 8.11. The predicted octanol–water partition coefficient (Wildman–Crippen LogP) is 3.17. The minimum Gasteiger partial charge on any atom is -0.385 e. The van der Waals surface area contributed by atoms with E-state index in [1.165, 1.54) is 23.4 Å². The summed E-state index contributed by atoms with van der Waals surface area (Å²) >= 11 is 1.96. The molecule has 3 heteroatoms. The largest absolute Gasteiger partial charge is 0.385 e. The molecule has 2 nitrogen and oxygen atoms in total. The number of benzene rings is 1. The zero-order valence-corrected chi connectivity index (χ0v) is 9.60. The fourth-order valence-corrected chi connectivity index (χ4v) is 2.81. The van der Waals surface area contributed by atoms with Crippen molar-refractivity contribution in [3.8, 4) is 6.07 Å². The fraction of sp³-hybridized carbons (Fsp3) is 0.417. The van der Waals surface area contributed by atoms with Crippen LogP contribution in [0, 0.1) is 11.3 Å². The lowest BCUT2D eigenvalue weighted by Gasteiger charge is -2.20.